The Labute approximate surface area is 189 Å². The predicted octanol–water partition coefficient (Wildman–Crippen LogP) is 8.36. The van der Waals surface area contributed by atoms with Crippen LogP contribution in [0.1, 0.15) is 48.4 Å². The number of halogens is 5. The average Bonchev–Trinajstić information content (AvgIpc) is 2.78. The van der Waals surface area contributed by atoms with Crippen molar-refractivity contribution >= 4 is 11.6 Å². The summed E-state index contributed by atoms with van der Waals surface area (Å²) in [6, 6.07) is 14.1. The van der Waals surface area contributed by atoms with E-state index in [1.807, 2.05) is 18.2 Å². The maximum absolute atomic E-state index is 15.3. The van der Waals surface area contributed by atoms with Gasteiger partial charge >= 0.3 is 6.36 Å². The Balaban J connectivity index is 1.62. The highest BCUT2D eigenvalue weighted by Crippen LogP contribution is 2.38. The number of hydrogen-bond donors (Lipinski definition) is 0. The molecule has 3 aromatic rings. The summed E-state index contributed by atoms with van der Waals surface area (Å²) >= 11 is 0. The number of aryl methyl sites for hydroxylation is 1. The minimum absolute atomic E-state index is 0.153. The molecule has 0 heterocycles. The SMILES string of the molecule is CCCCc1ccc(C2=Cc3cc(F)c(-c4ccc(OC(F)(F)F)cc4)c(F)c3CC2)cc1. The lowest BCUT2D eigenvalue weighted by Gasteiger charge is -2.20. The Morgan fingerprint density at radius 1 is 0.879 bits per heavy atom. The predicted molar refractivity (Wildman–Crippen MR) is 120 cm³/mol. The van der Waals surface area contributed by atoms with Gasteiger partial charge in [-0.15, -0.1) is 13.2 Å². The first-order valence-corrected chi connectivity index (χ1v) is 10.9. The summed E-state index contributed by atoms with van der Waals surface area (Å²) < 4.78 is 71.1. The standard InChI is InChI=1S/C27H23F5O/c1-2-3-4-17-5-7-18(8-6-17)20-11-14-23-21(15-20)16-24(28)25(26(23)29)19-9-12-22(13-10-19)33-27(30,31)32/h5-10,12-13,15-16H,2-4,11,14H2,1H3. The molecule has 172 valence electrons. The summed E-state index contributed by atoms with van der Waals surface area (Å²) in [6.07, 6.45) is 1.30. The van der Waals surface area contributed by atoms with Gasteiger partial charge in [-0.1, -0.05) is 55.8 Å². The molecule has 0 atom stereocenters. The van der Waals surface area contributed by atoms with E-state index in [-0.39, 0.29) is 11.1 Å². The lowest BCUT2D eigenvalue weighted by atomic mass is 9.86. The van der Waals surface area contributed by atoms with E-state index in [1.54, 1.807) is 0 Å². The van der Waals surface area contributed by atoms with Gasteiger partial charge in [-0.25, -0.2) is 8.78 Å². The highest BCUT2D eigenvalue weighted by atomic mass is 19.4. The lowest BCUT2D eigenvalue weighted by molar-refractivity contribution is -0.274. The third-order valence-electron chi connectivity index (χ3n) is 5.85. The van der Waals surface area contributed by atoms with Crippen LogP contribution in [0, 0.1) is 11.6 Å². The molecule has 0 bridgehead atoms. The average molecular weight is 458 g/mol. The van der Waals surface area contributed by atoms with E-state index in [4.69, 9.17) is 0 Å². The minimum Gasteiger partial charge on any atom is -0.406 e. The van der Waals surface area contributed by atoms with E-state index < -0.39 is 23.7 Å². The van der Waals surface area contributed by atoms with Gasteiger partial charge in [0.25, 0.3) is 0 Å². The van der Waals surface area contributed by atoms with Crippen molar-refractivity contribution in [2.24, 2.45) is 0 Å². The van der Waals surface area contributed by atoms with Crippen molar-refractivity contribution in [3.8, 4) is 16.9 Å². The van der Waals surface area contributed by atoms with Crippen molar-refractivity contribution in [3.63, 3.8) is 0 Å². The van der Waals surface area contributed by atoms with Gasteiger partial charge in [0.2, 0.25) is 0 Å². The second kappa shape index (κ2) is 9.38. The third kappa shape index (κ3) is 5.27. The van der Waals surface area contributed by atoms with E-state index in [0.29, 0.717) is 24.0 Å². The molecule has 0 amide bonds. The van der Waals surface area contributed by atoms with E-state index in [0.717, 1.165) is 42.5 Å². The lowest BCUT2D eigenvalue weighted by Crippen LogP contribution is -2.16. The quantitative estimate of drug-likeness (QED) is 0.337. The van der Waals surface area contributed by atoms with Crippen LogP contribution in [0.4, 0.5) is 22.0 Å². The Hall–Kier alpha value is -3.15. The molecule has 3 aromatic carbocycles. The highest BCUT2D eigenvalue weighted by molar-refractivity contribution is 5.85. The first kappa shape index (κ1) is 23.0. The monoisotopic (exact) mass is 458 g/mol. The molecule has 1 nitrogen and oxygen atoms in total. The number of fused-ring (bicyclic) bond motifs is 1. The molecule has 0 saturated carbocycles. The summed E-state index contributed by atoms with van der Waals surface area (Å²) in [5, 5.41) is 0. The van der Waals surface area contributed by atoms with Crippen molar-refractivity contribution in [3.05, 3.63) is 88.5 Å². The Bertz CT molecular complexity index is 1160. The second-order valence-electron chi connectivity index (χ2n) is 8.16. The third-order valence-corrected chi connectivity index (χ3v) is 5.85. The molecule has 0 unspecified atom stereocenters. The molecule has 0 radical (unpaired) electrons. The van der Waals surface area contributed by atoms with Gasteiger partial charge in [0.15, 0.2) is 0 Å². The normalized spacial score (nSPS) is 13.5. The van der Waals surface area contributed by atoms with Gasteiger partial charge in [-0.05, 0) is 77.3 Å². The molecule has 33 heavy (non-hydrogen) atoms. The molecule has 0 spiro atoms. The maximum atomic E-state index is 15.3. The Kier molecular flexibility index (Phi) is 6.54. The van der Waals surface area contributed by atoms with Crippen LogP contribution in [0.5, 0.6) is 5.75 Å². The zero-order valence-corrected chi connectivity index (χ0v) is 18.1. The van der Waals surface area contributed by atoms with Crippen LogP contribution in [-0.4, -0.2) is 6.36 Å². The van der Waals surface area contributed by atoms with Crippen molar-refractivity contribution in [2.45, 2.75) is 45.4 Å². The molecule has 6 heteroatoms. The molecule has 0 saturated heterocycles. The largest absolute Gasteiger partial charge is 0.573 e. The van der Waals surface area contributed by atoms with Gasteiger partial charge < -0.3 is 4.74 Å². The fraction of sp³-hybridized carbons (Fsp3) is 0.259. The number of unbranched alkanes of at least 4 members (excludes halogenated alkanes) is 1. The second-order valence-corrected chi connectivity index (χ2v) is 8.16. The molecule has 0 N–H and O–H groups in total. The molecule has 1 aliphatic carbocycles. The summed E-state index contributed by atoms with van der Waals surface area (Å²) in [7, 11) is 0. The molecule has 0 aromatic heterocycles. The van der Waals surface area contributed by atoms with Crippen molar-refractivity contribution < 1.29 is 26.7 Å². The van der Waals surface area contributed by atoms with Crippen LogP contribution in [0.15, 0.2) is 54.6 Å². The number of rotatable bonds is 6. The van der Waals surface area contributed by atoms with Crippen LogP contribution >= 0.6 is 0 Å². The topological polar surface area (TPSA) is 9.23 Å². The van der Waals surface area contributed by atoms with E-state index in [9.17, 15) is 17.6 Å². The highest BCUT2D eigenvalue weighted by Gasteiger charge is 2.31. The number of ether oxygens (including phenoxy) is 1. The number of hydrogen-bond acceptors (Lipinski definition) is 1. The van der Waals surface area contributed by atoms with E-state index >= 15 is 4.39 Å². The number of allylic oxidation sites excluding steroid dienone is 1. The van der Waals surface area contributed by atoms with Crippen LogP contribution in [-0.2, 0) is 12.8 Å². The zero-order valence-electron chi connectivity index (χ0n) is 18.1. The Morgan fingerprint density at radius 3 is 2.18 bits per heavy atom. The zero-order chi connectivity index (χ0) is 23.6. The molecule has 4 rings (SSSR count). The summed E-state index contributed by atoms with van der Waals surface area (Å²) in [5.74, 6) is -1.89. The molecule has 0 fully saturated rings. The van der Waals surface area contributed by atoms with Gasteiger partial charge in [0.05, 0.1) is 5.56 Å². The number of benzene rings is 3. The van der Waals surface area contributed by atoms with Crippen molar-refractivity contribution in [1.82, 2.24) is 0 Å². The number of alkyl halides is 3. The molecule has 1 aliphatic rings. The first-order chi connectivity index (χ1) is 15.7. The van der Waals surface area contributed by atoms with Gasteiger partial charge in [-0.2, -0.15) is 0 Å². The van der Waals surface area contributed by atoms with Crippen LogP contribution in [0.3, 0.4) is 0 Å². The van der Waals surface area contributed by atoms with Crippen LogP contribution < -0.4 is 4.74 Å². The van der Waals surface area contributed by atoms with Crippen molar-refractivity contribution in [1.29, 1.82) is 0 Å². The summed E-state index contributed by atoms with van der Waals surface area (Å²) in [5.41, 5.74) is 4.12. The maximum Gasteiger partial charge on any atom is 0.573 e. The molecular weight excluding hydrogens is 435 g/mol. The van der Waals surface area contributed by atoms with Crippen LogP contribution in [0.2, 0.25) is 0 Å². The Morgan fingerprint density at radius 2 is 1.55 bits per heavy atom. The molecule has 0 aliphatic heterocycles. The smallest absolute Gasteiger partial charge is 0.406 e. The minimum atomic E-state index is -4.83. The van der Waals surface area contributed by atoms with Crippen molar-refractivity contribution in [2.75, 3.05) is 0 Å². The summed E-state index contributed by atoms with van der Waals surface area (Å²) in [4.78, 5) is 0. The van der Waals surface area contributed by atoms with E-state index in [1.165, 1.54) is 23.8 Å². The molecular formula is C27H23F5O. The fourth-order valence-corrected chi connectivity index (χ4v) is 4.16. The van der Waals surface area contributed by atoms with Crippen LogP contribution in [0.25, 0.3) is 22.8 Å². The van der Waals surface area contributed by atoms with E-state index in [2.05, 4.69) is 23.8 Å². The van der Waals surface area contributed by atoms with Gasteiger partial charge in [0.1, 0.15) is 17.4 Å². The first-order valence-electron chi connectivity index (χ1n) is 10.9. The summed E-state index contributed by atoms with van der Waals surface area (Å²) in [6.45, 7) is 2.15. The van der Waals surface area contributed by atoms with Gasteiger partial charge in [-0.3, -0.25) is 0 Å². The fourth-order valence-electron chi connectivity index (χ4n) is 4.16. The van der Waals surface area contributed by atoms with Gasteiger partial charge in [0, 0.05) is 0 Å².